The number of hydrogen-bond donors (Lipinski definition) is 2. The van der Waals surface area contributed by atoms with Crippen LogP contribution < -0.4 is 4.72 Å². The van der Waals surface area contributed by atoms with Crippen LogP contribution in [0.5, 0.6) is 0 Å². The van der Waals surface area contributed by atoms with Crippen LogP contribution in [0.15, 0.2) is 0 Å². The Morgan fingerprint density at radius 2 is 1.93 bits per heavy atom. The van der Waals surface area contributed by atoms with Gasteiger partial charge in [0.15, 0.2) is 0 Å². The van der Waals surface area contributed by atoms with E-state index in [0.717, 1.165) is 6.42 Å². The van der Waals surface area contributed by atoms with Crippen molar-refractivity contribution in [3.05, 3.63) is 0 Å². The molecule has 0 amide bonds. The molecule has 2 N–H and O–H groups in total. The Labute approximate surface area is 92.7 Å². The van der Waals surface area contributed by atoms with E-state index in [9.17, 15) is 13.5 Å². The normalized spacial score (nSPS) is 16.7. The molecular formula is C9H22N2O3S. The van der Waals surface area contributed by atoms with Crippen molar-refractivity contribution in [3.8, 4) is 0 Å². The third-order valence-electron chi connectivity index (χ3n) is 2.63. The molecule has 0 spiro atoms. The van der Waals surface area contributed by atoms with E-state index in [4.69, 9.17) is 0 Å². The van der Waals surface area contributed by atoms with Crippen LogP contribution in [0.1, 0.15) is 27.2 Å². The third-order valence-corrected chi connectivity index (χ3v) is 4.24. The largest absolute Gasteiger partial charge is 0.391 e. The summed E-state index contributed by atoms with van der Waals surface area (Å²) >= 11 is 0. The Morgan fingerprint density at radius 1 is 1.40 bits per heavy atom. The van der Waals surface area contributed by atoms with Crippen LogP contribution in [0.25, 0.3) is 0 Å². The van der Waals surface area contributed by atoms with E-state index in [1.807, 2.05) is 13.8 Å². The van der Waals surface area contributed by atoms with Gasteiger partial charge >= 0.3 is 0 Å². The molecule has 0 aromatic carbocycles. The van der Waals surface area contributed by atoms with Crippen molar-refractivity contribution in [1.82, 2.24) is 9.03 Å². The zero-order chi connectivity index (χ0) is 12.1. The van der Waals surface area contributed by atoms with E-state index in [-0.39, 0.29) is 12.5 Å². The highest BCUT2D eigenvalue weighted by atomic mass is 32.2. The van der Waals surface area contributed by atoms with Gasteiger partial charge in [-0.2, -0.15) is 17.4 Å². The monoisotopic (exact) mass is 238 g/mol. The zero-order valence-electron chi connectivity index (χ0n) is 9.90. The van der Waals surface area contributed by atoms with E-state index < -0.39 is 16.3 Å². The Hall–Kier alpha value is -0.170. The van der Waals surface area contributed by atoms with Crippen LogP contribution >= 0.6 is 0 Å². The summed E-state index contributed by atoms with van der Waals surface area (Å²) < 4.78 is 26.5. The smallest absolute Gasteiger partial charge is 0.279 e. The SMILES string of the molecule is CCC(C)C(O)CNS(=O)(=O)N(C)CC. The average Bonchev–Trinajstić information content (AvgIpc) is 2.23. The summed E-state index contributed by atoms with van der Waals surface area (Å²) in [6.07, 6.45) is 0.196. The minimum atomic E-state index is -3.42. The third kappa shape index (κ3) is 4.92. The molecule has 0 aromatic rings. The highest BCUT2D eigenvalue weighted by Crippen LogP contribution is 2.06. The quantitative estimate of drug-likeness (QED) is 0.665. The number of rotatable bonds is 7. The molecule has 0 saturated carbocycles. The van der Waals surface area contributed by atoms with Crippen LogP contribution in [0.3, 0.4) is 0 Å². The predicted molar refractivity (Wildman–Crippen MR) is 60.7 cm³/mol. The van der Waals surface area contributed by atoms with Gasteiger partial charge in [0.05, 0.1) is 6.10 Å². The van der Waals surface area contributed by atoms with Gasteiger partial charge in [-0.05, 0) is 5.92 Å². The number of aliphatic hydroxyl groups excluding tert-OH is 1. The summed E-state index contributed by atoms with van der Waals surface area (Å²) in [7, 11) is -1.93. The standard InChI is InChI=1S/C9H22N2O3S/c1-5-8(3)9(12)7-10-15(13,14)11(4)6-2/h8-10,12H,5-7H2,1-4H3. The summed E-state index contributed by atoms with van der Waals surface area (Å²) in [6.45, 7) is 6.09. The van der Waals surface area contributed by atoms with Gasteiger partial charge in [-0.3, -0.25) is 0 Å². The Kier molecular flexibility index (Phi) is 6.35. The maximum atomic E-state index is 11.5. The molecular weight excluding hydrogens is 216 g/mol. The number of aliphatic hydroxyl groups is 1. The van der Waals surface area contributed by atoms with E-state index >= 15 is 0 Å². The Bertz CT molecular complexity index is 267. The molecule has 2 atom stereocenters. The zero-order valence-corrected chi connectivity index (χ0v) is 10.7. The summed E-state index contributed by atoms with van der Waals surface area (Å²) in [5.41, 5.74) is 0. The summed E-state index contributed by atoms with van der Waals surface area (Å²) in [6, 6.07) is 0. The van der Waals surface area contributed by atoms with Crippen LogP contribution in [-0.2, 0) is 10.2 Å². The first-order valence-electron chi connectivity index (χ1n) is 5.24. The lowest BCUT2D eigenvalue weighted by Crippen LogP contribution is -2.42. The lowest BCUT2D eigenvalue weighted by Gasteiger charge is -2.20. The van der Waals surface area contributed by atoms with Gasteiger partial charge in [-0.1, -0.05) is 27.2 Å². The molecule has 5 nitrogen and oxygen atoms in total. The van der Waals surface area contributed by atoms with Crippen molar-refractivity contribution in [2.45, 2.75) is 33.3 Å². The predicted octanol–water partition coefficient (Wildman–Crippen LogP) is 0.179. The van der Waals surface area contributed by atoms with Crippen molar-refractivity contribution in [1.29, 1.82) is 0 Å². The first kappa shape index (κ1) is 14.8. The van der Waals surface area contributed by atoms with Gasteiger partial charge in [0.2, 0.25) is 0 Å². The lowest BCUT2D eigenvalue weighted by molar-refractivity contribution is 0.118. The van der Waals surface area contributed by atoms with Crippen molar-refractivity contribution in [2.75, 3.05) is 20.1 Å². The molecule has 0 aliphatic rings. The van der Waals surface area contributed by atoms with E-state index in [1.165, 1.54) is 11.4 Å². The maximum Gasteiger partial charge on any atom is 0.279 e. The van der Waals surface area contributed by atoms with Crippen molar-refractivity contribution >= 4 is 10.2 Å². The fraction of sp³-hybridized carbons (Fsp3) is 1.00. The van der Waals surface area contributed by atoms with Gasteiger partial charge in [-0.15, -0.1) is 0 Å². The van der Waals surface area contributed by atoms with E-state index in [0.29, 0.717) is 6.54 Å². The molecule has 0 bridgehead atoms. The van der Waals surface area contributed by atoms with E-state index in [1.54, 1.807) is 6.92 Å². The molecule has 0 aliphatic carbocycles. The summed E-state index contributed by atoms with van der Waals surface area (Å²) in [5.74, 6) is 0.0969. The number of hydrogen-bond acceptors (Lipinski definition) is 3. The van der Waals surface area contributed by atoms with Crippen molar-refractivity contribution in [3.63, 3.8) is 0 Å². The first-order chi connectivity index (χ1) is 6.85. The van der Waals surface area contributed by atoms with Crippen LogP contribution in [0, 0.1) is 5.92 Å². The molecule has 0 heterocycles. The van der Waals surface area contributed by atoms with Crippen molar-refractivity contribution in [2.24, 2.45) is 5.92 Å². The lowest BCUT2D eigenvalue weighted by atomic mass is 10.0. The number of nitrogens with one attached hydrogen (secondary N) is 1. The number of nitrogens with zero attached hydrogens (tertiary/aromatic N) is 1. The summed E-state index contributed by atoms with van der Waals surface area (Å²) in [4.78, 5) is 0. The second-order valence-corrected chi connectivity index (χ2v) is 5.58. The minimum Gasteiger partial charge on any atom is -0.391 e. The van der Waals surface area contributed by atoms with Gasteiger partial charge < -0.3 is 5.11 Å². The molecule has 0 fully saturated rings. The van der Waals surface area contributed by atoms with Crippen LogP contribution in [-0.4, -0.2) is 44.1 Å². The van der Waals surface area contributed by atoms with Crippen LogP contribution in [0.2, 0.25) is 0 Å². The molecule has 0 rings (SSSR count). The molecule has 2 unspecified atom stereocenters. The second-order valence-electron chi connectivity index (χ2n) is 3.72. The summed E-state index contributed by atoms with van der Waals surface area (Å²) in [5, 5.41) is 9.59. The Balaban J connectivity index is 4.16. The maximum absolute atomic E-state index is 11.5. The molecule has 6 heteroatoms. The molecule has 15 heavy (non-hydrogen) atoms. The first-order valence-corrected chi connectivity index (χ1v) is 6.68. The molecule has 92 valence electrons. The highest BCUT2D eigenvalue weighted by Gasteiger charge is 2.19. The van der Waals surface area contributed by atoms with Gasteiger partial charge in [-0.25, -0.2) is 0 Å². The van der Waals surface area contributed by atoms with Crippen molar-refractivity contribution < 1.29 is 13.5 Å². The molecule has 0 aliphatic heterocycles. The minimum absolute atomic E-state index is 0.0711. The van der Waals surface area contributed by atoms with Gasteiger partial charge in [0, 0.05) is 20.1 Å². The average molecular weight is 238 g/mol. The van der Waals surface area contributed by atoms with Gasteiger partial charge in [0.1, 0.15) is 0 Å². The molecule has 0 radical (unpaired) electrons. The van der Waals surface area contributed by atoms with Crippen LogP contribution in [0.4, 0.5) is 0 Å². The fourth-order valence-corrected chi connectivity index (χ4v) is 1.89. The molecule has 0 saturated heterocycles. The van der Waals surface area contributed by atoms with Gasteiger partial charge in [0.25, 0.3) is 10.2 Å². The Morgan fingerprint density at radius 3 is 2.33 bits per heavy atom. The second kappa shape index (κ2) is 6.42. The highest BCUT2D eigenvalue weighted by molar-refractivity contribution is 7.87. The topological polar surface area (TPSA) is 69.6 Å². The van der Waals surface area contributed by atoms with E-state index in [2.05, 4.69) is 4.72 Å². The molecule has 0 aromatic heterocycles. The fourth-order valence-electron chi connectivity index (χ4n) is 0.944.